The average Bonchev–Trinajstić information content (AvgIpc) is 2.96. The topological polar surface area (TPSA) is 102 Å². The molecule has 4 aromatic rings. The molecule has 0 fully saturated rings. The van der Waals surface area contributed by atoms with Crippen LogP contribution in [0, 0.1) is 0 Å². The van der Waals surface area contributed by atoms with Crippen LogP contribution in [0.25, 0.3) is 10.9 Å². The maximum atomic E-state index is 13.1. The Morgan fingerprint density at radius 3 is 2.44 bits per heavy atom. The number of methoxy groups -OCH3 is 2. The van der Waals surface area contributed by atoms with Crippen LogP contribution in [-0.2, 0) is 17.8 Å². The van der Waals surface area contributed by atoms with Crippen molar-refractivity contribution in [3.05, 3.63) is 93.8 Å². The Kier molecular flexibility index (Phi) is 7.64. The first-order valence-electron chi connectivity index (χ1n) is 12.3. The summed E-state index contributed by atoms with van der Waals surface area (Å²) in [6, 6.07) is 20.0. The van der Waals surface area contributed by atoms with Crippen LogP contribution < -0.4 is 25.1 Å². The Balaban J connectivity index is 1.47. The van der Waals surface area contributed by atoms with Crippen molar-refractivity contribution >= 4 is 39.9 Å². The summed E-state index contributed by atoms with van der Waals surface area (Å²) in [6.07, 6.45) is 0. The third-order valence-corrected chi connectivity index (χ3v) is 6.70. The van der Waals surface area contributed by atoms with E-state index in [1.807, 2.05) is 41.3 Å². The number of para-hydroxylation sites is 1. The monoisotopic (exact) mass is 545 g/mol. The van der Waals surface area contributed by atoms with Gasteiger partial charge in [-0.3, -0.25) is 4.79 Å². The molecule has 0 amide bonds. The highest BCUT2D eigenvalue weighted by Crippen LogP contribution is 2.33. The number of ether oxygens (including phenoxy) is 4. The van der Waals surface area contributed by atoms with Crippen molar-refractivity contribution in [1.29, 1.82) is 0 Å². The smallest absolute Gasteiger partial charge is 0.339 e. The van der Waals surface area contributed by atoms with E-state index in [1.165, 1.54) is 7.11 Å². The largest absolute Gasteiger partial charge is 0.497 e. The SMILES string of the molecule is COC(=O)c1ccccc1NC(=S)N(Cc1ccc(OC)cc1)Cc1cc2cc3c(cc2[nH]c1=O)OCCO3. The highest BCUT2D eigenvalue weighted by atomic mass is 32.1. The number of esters is 1. The molecule has 10 heteroatoms. The zero-order valence-corrected chi connectivity index (χ0v) is 22.3. The molecule has 0 aliphatic carbocycles. The van der Waals surface area contributed by atoms with E-state index in [0.717, 1.165) is 16.7 Å². The molecular weight excluding hydrogens is 518 g/mol. The lowest BCUT2D eigenvalue weighted by atomic mass is 10.1. The molecule has 0 saturated carbocycles. The first-order chi connectivity index (χ1) is 18.9. The van der Waals surface area contributed by atoms with E-state index in [4.69, 9.17) is 31.2 Å². The minimum absolute atomic E-state index is 0.206. The van der Waals surface area contributed by atoms with Crippen LogP contribution in [0.1, 0.15) is 21.5 Å². The molecule has 2 heterocycles. The summed E-state index contributed by atoms with van der Waals surface area (Å²) in [5.74, 6) is 1.49. The number of aromatic nitrogens is 1. The van der Waals surface area contributed by atoms with Gasteiger partial charge in [0.05, 0.1) is 37.5 Å². The third-order valence-electron chi connectivity index (χ3n) is 6.34. The number of carbonyl (C=O) groups excluding carboxylic acids is 1. The van der Waals surface area contributed by atoms with Gasteiger partial charge in [-0.25, -0.2) is 4.79 Å². The number of pyridine rings is 1. The van der Waals surface area contributed by atoms with Crippen LogP contribution in [0.5, 0.6) is 17.2 Å². The van der Waals surface area contributed by atoms with E-state index < -0.39 is 5.97 Å². The van der Waals surface area contributed by atoms with Crippen LogP contribution in [0.3, 0.4) is 0 Å². The number of hydrogen-bond acceptors (Lipinski definition) is 7. The van der Waals surface area contributed by atoms with E-state index in [0.29, 0.717) is 58.7 Å². The van der Waals surface area contributed by atoms with Gasteiger partial charge in [0.15, 0.2) is 16.6 Å². The van der Waals surface area contributed by atoms with Crippen LogP contribution in [-0.4, -0.2) is 48.4 Å². The van der Waals surface area contributed by atoms with Gasteiger partial charge in [0.1, 0.15) is 19.0 Å². The molecule has 1 aliphatic heterocycles. The van der Waals surface area contributed by atoms with E-state index in [-0.39, 0.29) is 12.1 Å². The van der Waals surface area contributed by atoms with Gasteiger partial charge >= 0.3 is 5.97 Å². The molecule has 3 aromatic carbocycles. The number of carbonyl (C=O) groups is 1. The minimum atomic E-state index is -0.483. The minimum Gasteiger partial charge on any atom is -0.497 e. The van der Waals surface area contributed by atoms with Gasteiger partial charge < -0.3 is 34.1 Å². The van der Waals surface area contributed by atoms with Crippen LogP contribution in [0.2, 0.25) is 0 Å². The molecule has 0 atom stereocenters. The first-order valence-corrected chi connectivity index (χ1v) is 12.7. The van der Waals surface area contributed by atoms with Gasteiger partial charge in [-0.2, -0.15) is 0 Å². The van der Waals surface area contributed by atoms with Crippen LogP contribution in [0.4, 0.5) is 5.69 Å². The van der Waals surface area contributed by atoms with Crippen molar-refractivity contribution in [1.82, 2.24) is 9.88 Å². The molecule has 5 rings (SSSR count). The second-order valence-electron chi connectivity index (χ2n) is 8.88. The van der Waals surface area contributed by atoms with Gasteiger partial charge in [-0.15, -0.1) is 0 Å². The summed E-state index contributed by atoms with van der Waals surface area (Å²) < 4.78 is 21.6. The molecule has 0 saturated heterocycles. The summed E-state index contributed by atoms with van der Waals surface area (Å²) in [5.41, 5.74) is 2.74. The van der Waals surface area contributed by atoms with Crippen molar-refractivity contribution < 1.29 is 23.7 Å². The number of thiocarbonyl (C=S) groups is 1. The Morgan fingerprint density at radius 1 is 1.00 bits per heavy atom. The highest BCUT2D eigenvalue weighted by molar-refractivity contribution is 7.80. The van der Waals surface area contributed by atoms with Crippen molar-refractivity contribution in [2.75, 3.05) is 32.8 Å². The van der Waals surface area contributed by atoms with Crippen molar-refractivity contribution in [2.24, 2.45) is 0 Å². The van der Waals surface area contributed by atoms with Crippen molar-refractivity contribution in [2.45, 2.75) is 13.1 Å². The normalized spacial score (nSPS) is 12.1. The fourth-order valence-corrected chi connectivity index (χ4v) is 4.58. The Bertz CT molecular complexity index is 1580. The predicted molar refractivity (Wildman–Crippen MR) is 152 cm³/mol. The van der Waals surface area contributed by atoms with Gasteiger partial charge in [0, 0.05) is 23.6 Å². The van der Waals surface area contributed by atoms with E-state index in [2.05, 4.69) is 10.3 Å². The molecule has 0 bridgehead atoms. The van der Waals surface area contributed by atoms with E-state index in [1.54, 1.807) is 37.4 Å². The summed E-state index contributed by atoms with van der Waals surface area (Å²) in [6.45, 7) is 1.54. The summed E-state index contributed by atoms with van der Waals surface area (Å²) >= 11 is 5.80. The molecular formula is C29H27N3O6S. The molecule has 0 unspecified atom stereocenters. The maximum absolute atomic E-state index is 13.1. The fraction of sp³-hybridized carbons (Fsp3) is 0.207. The number of anilines is 1. The van der Waals surface area contributed by atoms with Crippen molar-refractivity contribution in [3.63, 3.8) is 0 Å². The number of aromatic amines is 1. The number of nitrogens with one attached hydrogen (secondary N) is 2. The number of benzene rings is 3. The standard InChI is InChI=1S/C29H27N3O6S/c1-35-21-9-7-18(8-10-21)16-32(29(39)31-23-6-4-3-5-22(23)28(34)36-2)17-20-13-19-14-25-26(38-12-11-37-25)15-24(19)30-27(20)33/h3-10,13-15H,11-12,16-17H2,1-2H3,(H,30,33)(H,31,39). The molecule has 200 valence electrons. The summed E-state index contributed by atoms with van der Waals surface area (Å²) in [5, 5.41) is 4.32. The fourth-order valence-electron chi connectivity index (χ4n) is 4.34. The highest BCUT2D eigenvalue weighted by Gasteiger charge is 2.19. The lowest BCUT2D eigenvalue weighted by Gasteiger charge is -2.27. The lowest BCUT2D eigenvalue weighted by Crippen LogP contribution is -2.36. The molecule has 1 aromatic heterocycles. The zero-order chi connectivity index (χ0) is 27.4. The summed E-state index contributed by atoms with van der Waals surface area (Å²) in [4.78, 5) is 30.3. The number of fused-ring (bicyclic) bond motifs is 2. The number of hydrogen-bond donors (Lipinski definition) is 2. The molecule has 39 heavy (non-hydrogen) atoms. The average molecular weight is 546 g/mol. The molecule has 0 radical (unpaired) electrons. The zero-order valence-electron chi connectivity index (χ0n) is 21.5. The maximum Gasteiger partial charge on any atom is 0.339 e. The number of nitrogens with zero attached hydrogens (tertiary/aromatic N) is 1. The second-order valence-corrected chi connectivity index (χ2v) is 9.26. The van der Waals surface area contributed by atoms with E-state index >= 15 is 0 Å². The first kappa shape index (κ1) is 26.1. The number of H-pyrrole nitrogens is 1. The van der Waals surface area contributed by atoms with Gasteiger partial charge in [0.25, 0.3) is 5.56 Å². The lowest BCUT2D eigenvalue weighted by molar-refractivity contribution is 0.0602. The van der Waals surface area contributed by atoms with Gasteiger partial charge in [-0.05, 0) is 54.2 Å². The molecule has 0 spiro atoms. The summed E-state index contributed by atoms with van der Waals surface area (Å²) in [7, 11) is 2.94. The quantitative estimate of drug-likeness (QED) is 0.257. The van der Waals surface area contributed by atoms with Gasteiger partial charge in [-0.1, -0.05) is 24.3 Å². The Hall–Kier alpha value is -4.57. The number of rotatable bonds is 7. The van der Waals surface area contributed by atoms with E-state index in [9.17, 15) is 9.59 Å². The van der Waals surface area contributed by atoms with Gasteiger partial charge in [0.2, 0.25) is 0 Å². The molecule has 1 aliphatic rings. The third kappa shape index (κ3) is 5.80. The van der Waals surface area contributed by atoms with Crippen molar-refractivity contribution in [3.8, 4) is 17.2 Å². The second kappa shape index (κ2) is 11.4. The molecule has 2 N–H and O–H groups in total. The Morgan fingerprint density at radius 2 is 1.72 bits per heavy atom. The van der Waals surface area contributed by atoms with Crippen LogP contribution in [0.15, 0.2) is 71.5 Å². The Labute approximate surface area is 230 Å². The predicted octanol–water partition coefficient (Wildman–Crippen LogP) is 4.49. The molecule has 9 nitrogen and oxygen atoms in total. The van der Waals surface area contributed by atoms with Crippen LogP contribution >= 0.6 is 12.2 Å².